The van der Waals surface area contributed by atoms with Gasteiger partial charge in [0.2, 0.25) is 0 Å². The number of nitrogens with one attached hydrogen (secondary N) is 2. The van der Waals surface area contributed by atoms with Crippen molar-refractivity contribution in [3.63, 3.8) is 0 Å². The largest absolute Gasteiger partial charge is 0.444 e. The molecule has 1 aromatic carbocycles. The second-order valence-corrected chi connectivity index (χ2v) is 7.24. The molecule has 1 unspecified atom stereocenters. The zero-order chi connectivity index (χ0) is 16.8. The van der Waals surface area contributed by atoms with Crippen molar-refractivity contribution >= 4 is 11.8 Å². The molecule has 0 fully saturated rings. The van der Waals surface area contributed by atoms with Gasteiger partial charge in [-0.3, -0.25) is 5.32 Å². The van der Waals surface area contributed by atoms with Gasteiger partial charge in [0.25, 0.3) is 0 Å². The maximum atomic E-state index is 11.7. The van der Waals surface area contributed by atoms with Crippen molar-refractivity contribution in [2.75, 3.05) is 5.32 Å². The predicted octanol–water partition coefficient (Wildman–Crippen LogP) is 4.56. The van der Waals surface area contributed by atoms with Gasteiger partial charge < -0.3 is 10.1 Å². The molecule has 2 N–H and O–H groups in total. The zero-order valence-electron chi connectivity index (χ0n) is 14.7. The molecule has 0 aliphatic carbocycles. The number of carbonyl (C=O) groups excluding carboxylic acids is 1. The summed E-state index contributed by atoms with van der Waals surface area (Å²) in [6.07, 6.45) is 0.738. The summed E-state index contributed by atoms with van der Waals surface area (Å²) in [4.78, 5) is 11.7. The Morgan fingerprint density at radius 2 is 1.73 bits per heavy atom. The van der Waals surface area contributed by atoms with Gasteiger partial charge in [0.05, 0.1) is 0 Å². The molecule has 0 saturated carbocycles. The molecular weight excluding hydrogens is 276 g/mol. The van der Waals surface area contributed by atoms with E-state index in [1.165, 1.54) is 5.56 Å². The van der Waals surface area contributed by atoms with E-state index in [0.717, 1.165) is 18.7 Å². The quantitative estimate of drug-likeness (QED) is 0.810. The molecule has 0 radical (unpaired) electrons. The van der Waals surface area contributed by atoms with Crippen LogP contribution in [0.2, 0.25) is 0 Å². The van der Waals surface area contributed by atoms with Gasteiger partial charge in [0.15, 0.2) is 0 Å². The molecule has 0 bridgehead atoms. The van der Waals surface area contributed by atoms with Crippen LogP contribution in [0.15, 0.2) is 24.3 Å². The van der Waals surface area contributed by atoms with Crippen LogP contribution in [0.4, 0.5) is 10.5 Å². The minimum atomic E-state index is -0.486. The monoisotopic (exact) mass is 306 g/mol. The predicted molar refractivity (Wildman–Crippen MR) is 92.1 cm³/mol. The lowest BCUT2D eigenvalue weighted by molar-refractivity contribution is 0.0636. The first kappa shape index (κ1) is 18.5. The van der Waals surface area contributed by atoms with Gasteiger partial charge in [-0.15, -0.1) is 0 Å². The van der Waals surface area contributed by atoms with Crippen LogP contribution in [-0.4, -0.2) is 17.7 Å². The lowest BCUT2D eigenvalue weighted by Crippen LogP contribution is -2.27. The highest BCUT2D eigenvalue weighted by atomic mass is 16.6. The van der Waals surface area contributed by atoms with Crippen molar-refractivity contribution in [3.05, 3.63) is 29.8 Å². The first-order valence-corrected chi connectivity index (χ1v) is 7.98. The Kier molecular flexibility index (Phi) is 6.88. The SMILES string of the molecule is CC(C)CC(C)NCc1ccc(NC(=O)OC(C)(C)C)cc1. The Bertz CT molecular complexity index is 461. The normalized spacial score (nSPS) is 13.0. The van der Waals surface area contributed by atoms with E-state index < -0.39 is 11.7 Å². The summed E-state index contributed by atoms with van der Waals surface area (Å²) >= 11 is 0. The Morgan fingerprint density at radius 1 is 1.14 bits per heavy atom. The fraction of sp³-hybridized carbons (Fsp3) is 0.611. The highest BCUT2D eigenvalue weighted by Gasteiger charge is 2.16. The van der Waals surface area contributed by atoms with E-state index in [4.69, 9.17) is 4.74 Å². The van der Waals surface area contributed by atoms with Gasteiger partial charge in [-0.1, -0.05) is 26.0 Å². The van der Waals surface area contributed by atoms with Crippen LogP contribution in [0, 0.1) is 5.92 Å². The third-order valence-electron chi connectivity index (χ3n) is 3.08. The third kappa shape index (κ3) is 8.03. The van der Waals surface area contributed by atoms with Crippen molar-refractivity contribution in [1.29, 1.82) is 0 Å². The number of ether oxygens (including phenoxy) is 1. The second-order valence-electron chi connectivity index (χ2n) is 7.24. The van der Waals surface area contributed by atoms with E-state index in [2.05, 4.69) is 31.4 Å². The molecule has 1 rings (SSSR count). The number of benzene rings is 1. The van der Waals surface area contributed by atoms with Crippen molar-refractivity contribution in [3.8, 4) is 0 Å². The third-order valence-corrected chi connectivity index (χ3v) is 3.08. The zero-order valence-corrected chi connectivity index (χ0v) is 14.7. The molecule has 4 heteroatoms. The molecular formula is C18H30N2O2. The molecule has 0 saturated heterocycles. The fourth-order valence-electron chi connectivity index (χ4n) is 2.21. The number of hydrogen-bond donors (Lipinski definition) is 2. The number of rotatable bonds is 6. The fourth-order valence-corrected chi connectivity index (χ4v) is 2.21. The van der Waals surface area contributed by atoms with Crippen molar-refractivity contribution < 1.29 is 9.53 Å². The average Bonchev–Trinajstić information content (AvgIpc) is 2.34. The van der Waals surface area contributed by atoms with Gasteiger partial charge in [0.1, 0.15) is 5.60 Å². The molecule has 0 heterocycles. The number of amides is 1. The van der Waals surface area contributed by atoms with E-state index in [1.54, 1.807) is 0 Å². The van der Waals surface area contributed by atoms with Crippen LogP contribution >= 0.6 is 0 Å². The maximum absolute atomic E-state index is 11.7. The van der Waals surface area contributed by atoms with Gasteiger partial charge in [-0.25, -0.2) is 4.79 Å². The topological polar surface area (TPSA) is 50.4 Å². The molecule has 0 aliphatic heterocycles. The first-order chi connectivity index (χ1) is 10.2. The van der Waals surface area contributed by atoms with E-state index in [9.17, 15) is 4.79 Å². The van der Waals surface area contributed by atoms with Gasteiger partial charge >= 0.3 is 6.09 Å². The number of carbonyl (C=O) groups is 1. The minimum absolute atomic E-state index is 0.427. The highest BCUT2D eigenvalue weighted by molar-refractivity contribution is 5.84. The van der Waals surface area contributed by atoms with E-state index in [0.29, 0.717) is 12.0 Å². The maximum Gasteiger partial charge on any atom is 0.412 e. The van der Waals surface area contributed by atoms with Gasteiger partial charge in [-0.05, 0) is 57.7 Å². The molecule has 4 nitrogen and oxygen atoms in total. The standard InChI is InChI=1S/C18H30N2O2/c1-13(2)11-14(3)19-12-15-7-9-16(10-8-15)20-17(21)22-18(4,5)6/h7-10,13-14,19H,11-12H2,1-6H3,(H,20,21). The minimum Gasteiger partial charge on any atom is -0.444 e. The summed E-state index contributed by atoms with van der Waals surface area (Å²) in [6, 6.07) is 8.32. The smallest absolute Gasteiger partial charge is 0.412 e. The summed E-state index contributed by atoms with van der Waals surface area (Å²) in [7, 11) is 0. The number of anilines is 1. The molecule has 22 heavy (non-hydrogen) atoms. The van der Waals surface area contributed by atoms with Crippen LogP contribution in [0.5, 0.6) is 0 Å². The van der Waals surface area contributed by atoms with E-state index >= 15 is 0 Å². The average molecular weight is 306 g/mol. The summed E-state index contributed by atoms with van der Waals surface area (Å²) < 4.78 is 5.23. The van der Waals surface area contributed by atoms with Gasteiger partial charge in [0, 0.05) is 18.3 Å². The van der Waals surface area contributed by atoms with Crippen LogP contribution in [-0.2, 0) is 11.3 Å². The van der Waals surface area contributed by atoms with Crippen molar-refractivity contribution in [1.82, 2.24) is 5.32 Å². The van der Waals surface area contributed by atoms with E-state index in [1.807, 2.05) is 45.0 Å². The molecule has 0 aliphatic rings. The molecule has 124 valence electrons. The Labute approximate surface area is 134 Å². The summed E-state index contributed by atoms with van der Waals surface area (Å²) in [5, 5.41) is 6.24. The first-order valence-electron chi connectivity index (χ1n) is 7.98. The molecule has 0 aromatic heterocycles. The van der Waals surface area contributed by atoms with Crippen molar-refractivity contribution in [2.45, 2.75) is 66.2 Å². The van der Waals surface area contributed by atoms with Gasteiger partial charge in [-0.2, -0.15) is 0 Å². The van der Waals surface area contributed by atoms with Crippen molar-refractivity contribution in [2.24, 2.45) is 5.92 Å². The summed E-state index contributed by atoms with van der Waals surface area (Å²) in [6.45, 7) is 13.0. The van der Waals surface area contributed by atoms with Crippen LogP contribution in [0.1, 0.15) is 53.5 Å². The number of hydrogen-bond acceptors (Lipinski definition) is 3. The lowest BCUT2D eigenvalue weighted by atomic mass is 10.1. The molecule has 0 spiro atoms. The van der Waals surface area contributed by atoms with Crippen LogP contribution in [0.3, 0.4) is 0 Å². The Morgan fingerprint density at radius 3 is 2.23 bits per heavy atom. The van der Waals surface area contributed by atoms with Crippen LogP contribution < -0.4 is 10.6 Å². The second kappa shape index (κ2) is 8.18. The summed E-state index contributed by atoms with van der Waals surface area (Å²) in [5.74, 6) is 0.697. The molecule has 1 atom stereocenters. The van der Waals surface area contributed by atoms with E-state index in [-0.39, 0.29) is 0 Å². The lowest BCUT2D eigenvalue weighted by Gasteiger charge is -2.19. The van der Waals surface area contributed by atoms with Crippen LogP contribution in [0.25, 0.3) is 0 Å². The Hall–Kier alpha value is -1.55. The Balaban J connectivity index is 2.44. The molecule has 1 amide bonds. The molecule has 1 aromatic rings. The summed E-state index contributed by atoms with van der Waals surface area (Å²) in [5.41, 5.74) is 1.46. The highest BCUT2D eigenvalue weighted by Crippen LogP contribution is 2.13.